The van der Waals surface area contributed by atoms with Crippen LogP contribution in [0.15, 0.2) is 72.8 Å². The Morgan fingerprint density at radius 3 is 2.43 bits per heavy atom. The van der Waals surface area contributed by atoms with Crippen LogP contribution in [0.1, 0.15) is 18.1 Å². The summed E-state index contributed by atoms with van der Waals surface area (Å²) in [5, 5.41) is 8.96. The van der Waals surface area contributed by atoms with E-state index in [0.29, 0.717) is 11.3 Å². The van der Waals surface area contributed by atoms with Gasteiger partial charge in [-0.2, -0.15) is 0 Å². The number of aliphatic carboxylic acids is 1. The number of benzene rings is 3. The Morgan fingerprint density at radius 1 is 0.964 bits per heavy atom. The molecule has 0 radical (unpaired) electrons. The molecule has 0 heterocycles. The third kappa shape index (κ3) is 5.33. The Kier molecular flexibility index (Phi) is 6.27. The second-order valence-corrected chi connectivity index (χ2v) is 6.56. The Balaban J connectivity index is 1.62. The van der Waals surface area contributed by atoms with Crippen LogP contribution in [-0.4, -0.2) is 11.1 Å². The SMILES string of the molecule is CC(Cc1ccc(OCc2cccc(Oc3ccccc3)c2)c(F)c1)C(=O)O. The lowest BCUT2D eigenvalue weighted by Gasteiger charge is -2.11. The quantitative estimate of drug-likeness (QED) is 0.564. The van der Waals surface area contributed by atoms with Crippen molar-refractivity contribution in [3.05, 3.63) is 89.7 Å². The molecule has 0 aliphatic carbocycles. The van der Waals surface area contributed by atoms with Crippen LogP contribution >= 0.6 is 0 Å². The van der Waals surface area contributed by atoms with Crippen LogP contribution < -0.4 is 9.47 Å². The first-order valence-corrected chi connectivity index (χ1v) is 8.97. The summed E-state index contributed by atoms with van der Waals surface area (Å²) in [6.07, 6.45) is 0.269. The van der Waals surface area contributed by atoms with Crippen LogP contribution in [-0.2, 0) is 17.8 Å². The predicted molar refractivity (Wildman–Crippen MR) is 104 cm³/mol. The number of hydrogen-bond acceptors (Lipinski definition) is 3. The van der Waals surface area contributed by atoms with Gasteiger partial charge in [0.15, 0.2) is 11.6 Å². The second kappa shape index (κ2) is 9.04. The van der Waals surface area contributed by atoms with E-state index in [2.05, 4.69) is 0 Å². The van der Waals surface area contributed by atoms with Crippen LogP contribution in [0.25, 0.3) is 0 Å². The van der Waals surface area contributed by atoms with Crippen molar-refractivity contribution in [1.82, 2.24) is 0 Å². The van der Waals surface area contributed by atoms with Gasteiger partial charge in [0.2, 0.25) is 0 Å². The third-order valence-electron chi connectivity index (χ3n) is 4.23. The van der Waals surface area contributed by atoms with Crippen molar-refractivity contribution in [2.24, 2.45) is 5.92 Å². The number of rotatable bonds is 8. The molecule has 0 aliphatic rings. The fraction of sp³-hybridized carbons (Fsp3) is 0.174. The van der Waals surface area contributed by atoms with Crippen LogP contribution in [0, 0.1) is 11.7 Å². The van der Waals surface area contributed by atoms with Crippen LogP contribution in [0.5, 0.6) is 17.2 Å². The van der Waals surface area contributed by atoms with Gasteiger partial charge < -0.3 is 14.6 Å². The van der Waals surface area contributed by atoms with E-state index in [-0.39, 0.29) is 18.8 Å². The molecule has 3 aromatic rings. The first kappa shape index (κ1) is 19.4. The number of carboxylic acids is 1. The molecule has 0 aromatic heterocycles. The van der Waals surface area contributed by atoms with Crippen molar-refractivity contribution < 1.29 is 23.8 Å². The van der Waals surface area contributed by atoms with Crippen molar-refractivity contribution >= 4 is 5.97 Å². The summed E-state index contributed by atoms with van der Waals surface area (Å²) in [5.41, 5.74) is 1.47. The molecule has 0 spiro atoms. The van der Waals surface area contributed by atoms with Gasteiger partial charge in [-0.1, -0.05) is 43.3 Å². The third-order valence-corrected chi connectivity index (χ3v) is 4.23. The Hall–Kier alpha value is -3.34. The van der Waals surface area contributed by atoms with Gasteiger partial charge in [-0.25, -0.2) is 4.39 Å². The van der Waals surface area contributed by atoms with E-state index >= 15 is 0 Å². The van der Waals surface area contributed by atoms with Crippen molar-refractivity contribution in [3.63, 3.8) is 0 Å². The summed E-state index contributed by atoms with van der Waals surface area (Å²) in [5.74, 6) is -0.451. The van der Waals surface area contributed by atoms with E-state index in [4.69, 9.17) is 14.6 Å². The van der Waals surface area contributed by atoms with Crippen LogP contribution in [0.2, 0.25) is 0 Å². The monoisotopic (exact) mass is 380 g/mol. The smallest absolute Gasteiger partial charge is 0.306 e. The molecule has 4 nitrogen and oxygen atoms in total. The Labute approximate surface area is 163 Å². The lowest BCUT2D eigenvalue weighted by atomic mass is 10.0. The minimum absolute atomic E-state index is 0.126. The fourth-order valence-electron chi connectivity index (χ4n) is 2.71. The van der Waals surface area contributed by atoms with Gasteiger partial charge in [-0.05, 0) is 53.9 Å². The molecule has 0 saturated carbocycles. The van der Waals surface area contributed by atoms with Gasteiger partial charge in [0.25, 0.3) is 0 Å². The summed E-state index contributed by atoms with van der Waals surface area (Å²) < 4.78 is 25.7. The zero-order valence-corrected chi connectivity index (χ0v) is 15.5. The van der Waals surface area contributed by atoms with Crippen molar-refractivity contribution in [3.8, 4) is 17.2 Å². The van der Waals surface area contributed by atoms with E-state index in [1.165, 1.54) is 12.1 Å². The summed E-state index contributed by atoms with van der Waals surface area (Å²) in [4.78, 5) is 10.9. The molecule has 1 N–H and O–H groups in total. The molecule has 0 bridgehead atoms. The summed E-state index contributed by atoms with van der Waals surface area (Å²) in [6.45, 7) is 1.78. The Morgan fingerprint density at radius 2 is 1.71 bits per heavy atom. The Bertz CT molecular complexity index is 940. The molecule has 1 atom stereocenters. The molecule has 5 heteroatoms. The minimum atomic E-state index is -0.904. The minimum Gasteiger partial charge on any atom is -0.486 e. The van der Waals surface area contributed by atoms with Gasteiger partial charge in [0, 0.05) is 0 Å². The molecule has 3 rings (SSSR count). The molecular weight excluding hydrogens is 359 g/mol. The first-order chi connectivity index (χ1) is 13.5. The number of carboxylic acid groups (broad SMARTS) is 1. The fourth-order valence-corrected chi connectivity index (χ4v) is 2.71. The normalized spacial score (nSPS) is 11.6. The molecule has 0 fully saturated rings. The van der Waals surface area contributed by atoms with Gasteiger partial charge in [-0.3, -0.25) is 4.79 Å². The molecule has 28 heavy (non-hydrogen) atoms. The number of para-hydroxylation sites is 1. The zero-order chi connectivity index (χ0) is 19.9. The topological polar surface area (TPSA) is 55.8 Å². The lowest BCUT2D eigenvalue weighted by molar-refractivity contribution is -0.141. The molecular formula is C23H21FO4. The maximum atomic E-state index is 14.3. The van der Waals surface area contributed by atoms with Crippen molar-refractivity contribution in [2.75, 3.05) is 0 Å². The van der Waals surface area contributed by atoms with Crippen molar-refractivity contribution in [1.29, 1.82) is 0 Å². The molecule has 0 saturated heterocycles. The molecule has 3 aromatic carbocycles. The van der Waals surface area contributed by atoms with E-state index in [0.717, 1.165) is 11.3 Å². The lowest BCUT2D eigenvalue weighted by Crippen LogP contribution is -2.12. The molecule has 0 amide bonds. The van der Waals surface area contributed by atoms with E-state index in [1.54, 1.807) is 13.0 Å². The molecule has 0 aliphatic heterocycles. The highest BCUT2D eigenvalue weighted by atomic mass is 19.1. The first-order valence-electron chi connectivity index (χ1n) is 8.97. The summed E-state index contributed by atoms with van der Waals surface area (Å²) >= 11 is 0. The predicted octanol–water partition coefficient (Wildman–Crippen LogP) is 5.46. The largest absolute Gasteiger partial charge is 0.486 e. The van der Waals surface area contributed by atoms with Gasteiger partial charge in [-0.15, -0.1) is 0 Å². The number of ether oxygens (including phenoxy) is 2. The second-order valence-electron chi connectivity index (χ2n) is 6.56. The van der Waals surface area contributed by atoms with E-state index in [9.17, 15) is 9.18 Å². The summed E-state index contributed by atoms with van der Waals surface area (Å²) in [6, 6.07) is 21.4. The number of hydrogen-bond donors (Lipinski definition) is 1. The highest BCUT2D eigenvalue weighted by Crippen LogP contribution is 2.24. The summed E-state index contributed by atoms with van der Waals surface area (Å²) in [7, 11) is 0. The van der Waals surface area contributed by atoms with E-state index < -0.39 is 17.7 Å². The van der Waals surface area contributed by atoms with Gasteiger partial charge in [0.1, 0.15) is 18.1 Å². The number of carbonyl (C=O) groups is 1. The average Bonchev–Trinajstić information content (AvgIpc) is 2.68. The van der Waals surface area contributed by atoms with Crippen LogP contribution in [0.3, 0.4) is 0 Å². The maximum Gasteiger partial charge on any atom is 0.306 e. The van der Waals surface area contributed by atoms with Gasteiger partial charge in [0.05, 0.1) is 5.92 Å². The standard InChI is InChI=1S/C23H21FO4/c1-16(23(25)26)12-17-10-11-22(21(24)14-17)27-15-18-6-5-9-20(13-18)28-19-7-3-2-4-8-19/h2-11,13-14,16H,12,15H2,1H3,(H,25,26). The highest BCUT2D eigenvalue weighted by molar-refractivity contribution is 5.69. The maximum absolute atomic E-state index is 14.3. The highest BCUT2D eigenvalue weighted by Gasteiger charge is 2.13. The average molecular weight is 380 g/mol. The molecule has 1 unspecified atom stereocenters. The zero-order valence-electron chi connectivity index (χ0n) is 15.5. The van der Waals surface area contributed by atoms with E-state index in [1.807, 2.05) is 54.6 Å². The van der Waals surface area contributed by atoms with Crippen molar-refractivity contribution in [2.45, 2.75) is 20.0 Å². The molecule has 144 valence electrons. The number of halogens is 1. The van der Waals surface area contributed by atoms with Gasteiger partial charge >= 0.3 is 5.97 Å². The van der Waals surface area contributed by atoms with Crippen LogP contribution in [0.4, 0.5) is 4.39 Å².